The van der Waals surface area contributed by atoms with Gasteiger partial charge in [0.15, 0.2) is 11.6 Å². The van der Waals surface area contributed by atoms with Gasteiger partial charge in [0.1, 0.15) is 12.4 Å². The van der Waals surface area contributed by atoms with E-state index in [1.807, 2.05) is 0 Å². The Labute approximate surface area is 156 Å². The average Bonchev–Trinajstić information content (AvgIpc) is 3.15. The maximum atomic E-state index is 13.4. The Morgan fingerprint density at radius 3 is 2.46 bits per heavy atom. The molecule has 0 saturated heterocycles. The summed E-state index contributed by atoms with van der Waals surface area (Å²) in [6.07, 6.45) is -4.54. The van der Waals surface area contributed by atoms with Crippen molar-refractivity contribution < 1.29 is 18.3 Å². The second-order valence-electron chi connectivity index (χ2n) is 5.85. The molecule has 28 heavy (non-hydrogen) atoms. The smallest absolute Gasteiger partial charge is 0.388 e. The van der Waals surface area contributed by atoms with Crippen LogP contribution in [-0.4, -0.2) is 30.3 Å². The van der Waals surface area contributed by atoms with Gasteiger partial charge >= 0.3 is 6.18 Å². The number of H-pyrrole nitrogens is 1. The van der Waals surface area contributed by atoms with E-state index < -0.39 is 11.7 Å². The fraction of sp³-hybridized carbons (Fsp3) is 0.111. The van der Waals surface area contributed by atoms with Crippen LogP contribution in [0.4, 0.5) is 24.9 Å². The third kappa shape index (κ3) is 3.37. The van der Waals surface area contributed by atoms with Crippen LogP contribution in [0.25, 0.3) is 22.3 Å². The number of hydrogen-bond acceptors (Lipinski definition) is 6. The number of aromatic nitrogens is 5. The van der Waals surface area contributed by atoms with Gasteiger partial charge in [-0.2, -0.15) is 18.2 Å². The van der Waals surface area contributed by atoms with E-state index in [1.165, 1.54) is 18.2 Å². The molecule has 0 unspecified atom stereocenters. The van der Waals surface area contributed by atoms with Crippen LogP contribution in [0.2, 0.25) is 0 Å². The number of benzene rings is 2. The van der Waals surface area contributed by atoms with E-state index in [4.69, 9.17) is 5.11 Å². The zero-order valence-electron chi connectivity index (χ0n) is 14.2. The van der Waals surface area contributed by atoms with Gasteiger partial charge < -0.3 is 10.4 Å². The molecule has 0 aliphatic rings. The molecule has 0 spiro atoms. The average molecular weight is 386 g/mol. The van der Waals surface area contributed by atoms with Crippen molar-refractivity contribution in [2.75, 3.05) is 5.32 Å². The third-order valence-electron chi connectivity index (χ3n) is 3.99. The zero-order valence-corrected chi connectivity index (χ0v) is 14.2. The number of anilines is 2. The molecule has 142 valence electrons. The van der Waals surface area contributed by atoms with E-state index >= 15 is 0 Å². The highest BCUT2D eigenvalue weighted by Crippen LogP contribution is 2.37. The maximum Gasteiger partial charge on any atom is 0.417 e. The summed E-state index contributed by atoms with van der Waals surface area (Å²) in [6, 6.07) is 12.0. The molecule has 7 nitrogen and oxygen atoms in total. The molecule has 4 aromatic rings. The lowest BCUT2D eigenvalue weighted by Crippen LogP contribution is -2.09. The number of aliphatic hydroxyl groups is 1. The molecule has 0 atom stereocenters. The Morgan fingerprint density at radius 1 is 0.964 bits per heavy atom. The Balaban J connectivity index is 1.88. The van der Waals surface area contributed by atoms with Crippen LogP contribution < -0.4 is 5.32 Å². The monoisotopic (exact) mass is 386 g/mol. The molecule has 2 heterocycles. The second kappa shape index (κ2) is 6.89. The van der Waals surface area contributed by atoms with Crippen LogP contribution in [0.3, 0.4) is 0 Å². The summed E-state index contributed by atoms with van der Waals surface area (Å²) >= 11 is 0. The number of para-hydroxylation sites is 1. The van der Waals surface area contributed by atoms with Gasteiger partial charge in [0.2, 0.25) is 5.95 Å². The lowest BCUT2D eigenvalue weighted by molar-refractivity contribution is -0.137. The van der Waals surface area contributed by atoms with Crippen molar-refractivity contribution >= 4 is 22.7 Å². The maximum absolute atomic E-state index is 13.4. The topological polar surface area (TPSA) is 99.6 Å². The van der Waals surface area contributed by atoms with Crippen molar-refractivity contribution in [3.63, 3.8) is 0 Å². The summed E-state index contributed by atoms with van der Waals surface area (Å²) in [7, 11) is 0. The Morgan fingerprint density at radius 2 is 1.71 bits per heavy atom. The van der Waals surface area contributed by atoms with Crippen molar-refractivity contribution in [3.8, 4) is 11.4 Å². The number of aromatic amines is 1. The second-order valence-corrected chi connectivity index (χ2v) is 5.85. The van der Waals surface area contributed by atoms with Crippen LogP contribution in [-0.2, 0) is 12.8 Å². The first-order valence-electron chi connectivity index (χ1n) is 8.18. The number of fused-ring (bicyclic) bond motifs is 1. The molecule has 3 N–H and O–H groups in total. The third-order valence-corrected chi connectivity index (χ3v) is 3.99. The summed E-state index contributed by atoms with van der Waals surface area (Å²) in [6.45, 7) is -0.330. The summed E-state index contributed by atoms with van der Waals surface area (Å²) < 4.78 is 40.3. The number of alkyl halides is 3. The minimum atomic E-state index is -4.54. The lowest BCUT2D eigenvalue weighted by atomic mass is 10.1. The van der Waals surface area contributed by atoms with Gasteiger partial charge in [-0.25, -0.2) is 9.97 Å². The summed E-state index contributed by atoms with van der Waals surface area (Å²) in [5, 5.41) is 19.0. The predicted molar refractivity (Wildman–Crippen MR) is 95.6 cm³/mol. The van der Waals surface area contributed by atoms with Crippen molar-refractivity contribution in [1.29, 1.82) is 0 Å². The normalized spacial score (nSPS) is 11.7. The first-order valence-corrected chi connectivity index (χ1v) is 8.18. The van der Waals surface area contributed by atoms with Gasteiger partial charge in [-0.1, -0.05) is 30.3 Å². The fourth-order valence-corrected chi connectivity index (χ4v) is 2.75. The molecule has 2 aromatic heterocycles. The quantitative estimate of drug-likeness (QED) is 0.495. The molecule has 0 saturated carbocycles. The fourth-order valence-electron chi connectivity index (χ4n) is 2.75. The molecule has 10 heteroatoms. The summed E-state index contributed by atoms with van der Waals surface area (Å²) in [4.78, 5) is 12.6. The Kier molecular flexibility index (Phi) is 4.40. The molecular formula is C18H13F3N6O. The zero-order chi connectivity index (χ0) is 19.7. The highest BCUT2D eigenvalue weighted by molar-refractivity contribution is 5.91. The Hall–Kier alpha value is -3.53. The number of nitrogens with one attached hydrogen (secondary N) is 2. The molecule has 0 fully saturated rings. The number of rotatable bonds is 4. The van der Waals surface area contributed by atoms with E-state index in [0.29, 0.717) is 10.9 Å². The van der Waals surface area contributed by atoms with Gasteiger partial charge in [-0.15, -0.1) is 5.10 Å². The number of nitrogens with zero attached hydrogens (tertiary/aromatic N) is 4. The van der Waals surface area contributed by atoms with E-state index in [1.54, 1.807) is 24.3 Å². The van der Waals surface area contributed by atoms with E-state index in [-0.39, 0.29) is 35.6 Å². The minimum absolute atomic E-state index is 0.0768. The molecule has 4 rings (SSSR count). The molecule has 2 aromatic carbocycles. The summed E-state index contributed by atoms with van der Waals surface area (Å²) in [5.41, 5.74) is -0.489. The van der Waals surface area contributed by atoms with Crippen LogP contribution in [0.15, 0.2) is 48.5 Å². The van der Waals surface area contributed by atoms with E-state index in [0.717, 1.165) is 6.07 Å². The molecule has 0 bridgehead atoms. The standard InChI is InChI=1S/C18H13F3N6O/c19-18(20,21)12-7-3-1-5-10(12)15-22-13-8-4-2-6-11(13)16(24-15)25-17-23-14(9-28)26-27-17/h1-8,28H,9H2,(H2,22,23,24,25,26,27). The van der Waals surface area contributed by atoms with E-state index in [2.05, 4.69) is 30.5 Å². The molecule has 0 radical (unpaired) electrons. The van der Waals surface area contributed by atoms with Crippen LogP contribution in [0.1, 0.15) is 11.4 Å². The molecular weight excluding hydrogens is 373 g/mol. The van der Waals surface area contributed by atoms with Crippen LogP contribution in [0, 0.1) is 0 Å². The molecule has 0 aliphatic heterocycles. The van der Waals surface area contributed by atoms with Crippen molar-refractivity contribution in [2.45, 2.75) is 12.8 Å². The number of aliphatic hydroxyl groups excluding tert-OH is 1. The van der Waals surface area contributed by atoms with Crippen molar-refractivity contribution in [2.24, 2.45) is 0 Å². The first-order chi connectivity index (χ1) is 13.5. The van der Waals surface area contributed by atoms with E-state index in [9.17, 15) is 13.2 Å². The minimum Gasteiger partial charge on any atom is -0.388 e. The van der Waals surface area contributed by atoms with Gasteiger partial charge in [-0.05, 0) is 18.2 Å². The SMILES string of the molecule is OCc1nc(Nc2nc(-c3ccccc3C(F)(F)F)nc3ccccc23)n[nH]1. The first kappa shape index (κ1) is 17.9. The molecule has 0 amide bonds. The number of hydrogen-bond donors (Lipinski definition) is 3. The number of halogens is 3. The lowest BCUT2D eigenvalue weighted by Gasteiger charge is -2.13. The summed E-state index contributed by atoms with van der Waals surface area (Å²) in [5.74, 6) is 0.541. The highest BCUT2D eigenvalue weighted by Gasteiger charge is 2.34. The highest BCUT2D eigenvalue weighted by atomic mass is 19.4. The van der Waals surface area contributed by atoms with Crippen LogP contribution in [0.5, 0.6) is 0 Å². The predicted octanol–water partition coefficient (Wildman–Crippen LogP) is 3.67. The van der Waals surface area contributed by atoms with Crippen LogP contribution >= 0.6 is 0 Å². The van der Waals surface area contributed by atoms with Gasteiger partial charge in [0.05, 0.1) is 11.1 Å². The van der Waals surface area contributed by atoms with Gasteiger partial charge in [0.25, 0.3) is 0 Å². The largest absolute Gasteiger partial charge is 0.417 e. The van der Waals surface area contributed by atoms with Crippen molar-refractivity contribution in [3.05, 3.63) is 59.9 Å². The molecule has 0 aliphatic carbocycles. The van der Waals surface area contributed by atoms with Gasteiger partial charge in [-0.3, -0.25) is 5.10 Å². The Bertz CT molecular complexity index is 1140. The van der Waals surface area contributed by atoms with Crippen molar-refractivity contribution in [1.82, 2.24) is 25.1 Å². The van der Waals surface area contributed by atoms with Gasteiger partial charge in [0, 0.05) is 10.9 Å².